The first-order chi connectivity index (χ1) is 11.5. The second kappa shape index (κ2) is 6.57. The van der Waals surface area contributed by atoms with Crippen LogP contribution in [0.4, 0.5) is 0 Å². The molecule has 0 N–H and O–H groups in total. The molecule has 0 aliphatic heterocycles. The van der Waals surface area contributed by atoms with Crippen LogP contribution in [0.5, 0.6) is 0 Å². The Bertz CT molecular complexity index is 974. The van der Waals surface area contributed by atoms with Gasteiger partial charge >= 0.3 is 0 Å². The molecule has 0 saturated carbocycles. The zero-order valence-corrected chi connectivity index (χ0v) is 14.9. The minimum Gasteiger partial charge on any atom is -0.312 e. The topological polar surface area (TPSA) is 52.2 Å². The summed E-state index contributed by atoms with van der Waals surface area (Å²) < 4.78 is 4.82. The smallest absolute Gasteiger partial charge is 0.297 e. The van der Waals surface area contributed by atoms with E-state index in [0.717, 1.165) is 10.2 Å². The van der Waals surface area contributed by atoms with E-state index < -0.39 is 0 Å². The van der Waals surface area contributed by atoms with Crippen molar-refractivity contribution in [1.82, 2.24) is 14.3 Å². The molecule has 6 heteroatoms. The van der Waals surface area contributed by atoms with Gasteiger partial charge in [0.15, 0.2) is 4.80 Å². The number of fused-ring (bicyclic) bond motifs is 1. The number of hydrogen-bond donors (Lipinski definition) is 0. The molecule has 2 aromatic heterocycles. The Morgan fingerprint density at radius 1 is 1.42 bits per heavy atom. The quantitative estimate of drug-likeness (QED) is 0.680. The highest BCUT2D eigenvalue weighted by Gasteiger charge is 2.14. The van der Waals surface area contributed by atoms with Crippen LogP contribution in [0.3, 0.4) is 0 Å². The molecule has 5 nitrogen and oxygen atoms in total. The van der Waals surface area contributed by atoms with Gasteiger partial charge in [-0.25, -0.2) is 0 Å². The van der Waals surface area contributed by atoms with Gasteiger partial charge in [-0.2, -0.15) is 10.1 Å². The van der Waals surface area contributed by atoms with E-state index in [2.05, 4.69) is 41.8 Å². The van der Waals surface area contributed by atoms with E-state index in [4.69, 9.17) is 0 Å². The van der Waals surface area contributed by atoms with Crippen LogP contribution < -0.4 is 4.80 Å². The van der Waals surface area contributed by atoms with Crippen molar-refractivity contribution in [3.8, 4) is 0 Å². The molecule has 3 rings (SSSR count). The molecule has 0 bridgehead atoms. The third-order valence-corrected chi connectivity index (χ3v) is 4.77. The minimum absolute atomic E-state index is 0.111. The molecule has 0 saturated heterocycles. The van der Waals surface area contributed by atoms with Gasteiger partial charge in [-0.05, 0) is 44.5 Å². The number of thiazole rings is 1. The van der Waals surface area contributed by atoms with E-state index in [1.165, 1.54) is 16.9 Å². The van der Waals surface area contributed by atoms with Crippen LogP contribution in [0.2, 0.25) is 0 Å². The Kier molecular flexibility index (Phi) is 4.49. The Morgan fingerprint density at radius 3 is 2.92 bits per heavy atom. The van der Waals surface area contributed by atoms with Gasteiger partial charge in [-0.15, -0.1) is 6.58 Å². The molecule has 0 fully saturated rings. The molecule has 0 unspecified atom stereocenters. The van der Waals surface area contributed by atoms with Crippen molar-refractivity contribution in [3.63, 3.8) is 0 Å². The molecule has 0 radical (unpaired) electrons. The van der Waals surface area contributed by atoms with Gasteiger partial charge in [0.1, 0.15) is 5.69 Å². The molecule has 0 spiro atoms. The second-order valence-electron chi connectivity index (χ2n) is 5.93. The zero-order valence-electron chi connectivity index (χ0n) is 14.1. The average Bonchev–Trinajstić information content (AvgIpc) is 3.13. The molecular weight excluding hydrogens is 320 g/mol. The van der Waals surface area contributed by atoms with Gasteiger partial charge < -0.3 is 4.57 Å². The van der Waals surface area contributed by atoms with Crippen LogP contribution in [0.25, 0.3) is 10.2 Å². The van der Waals surface area contributed by atoms with E-state index in [1.807, 2.05) is 24.5 Å². The molecule has 0 atom stereocenters. The number of rotatable bonds is 4. The van der Waals surface area contributed by atoms with Crippen LogP contribution in [0.15, 0.2) is 48.1 Å². The van der Waals surface area contributed by atoms with Crippen molar-refractivity contribution < 1.29 is 4.79 Å². The van der Waals surface area contributed by atoms with Gasteiger partial charge in [-0.1, -0.05) is 23.5 Å². The van der Waals surface area contributed by atoms with Crippen molar-refractivity contribution in [3.05, 3.63) is 59.2 Å². The summed E-state index contributed by atoms with van der Waals surface area (Å²) in [5, 5.41) is 4.21. The predicted molar refractivity (Wildman–Crippen MR) is 97.3 cm³/mol. The van der Waals surface area contributed by atoms with Crippen molar-refractivity contribution in [1.29, 1.82) is 0 Å². The number of carbonyl (C=O) groups excluding carboxylic acids is 1. The number of allylic oxidation sites excluding steroid dienone is 1. The number of aromatic nitrogens is 3. The van der Waals surface area contributed by atoms with E-state index in [-0.39, 0.29) is 11.9 Å². The highest BCUT2D eigenvalue weighted by molar-refractivity contribution is 7.16. The van der Waals surface area contributed by atoms with Gasteiger partial charge in [0.05, 0.1) is 10.2 Å². The first-order valence-electron chi connectivity index (χ1n) is 7.84. The molecule has 3 aromatic rings. The lowest BCUT2D eigenvalue weighted by molar-refractivity contribution is 0.0986. The molecular formula is C18H20N4OS. The molecule has 24 heavy (non-hydrogen) atoms. The van der Waals surface area contributed by atoms with Gasteiger partial charge in [0, 0.05) is 18.8 Å². The van der Waals surface area contributed by atoms with Crippen LogP contribution in [-0.4, -0.2) is 20.3 Å². The first kappa shape index (κ1) is 16.4. The Balaban J connectivity index is 2.15. The van der Waals surface area contributed by atoms with Gasteiger partial charge in [0.2, 0.25) is 0 Å². The van der Waals surface area contributed by atoms with Crippen LogP contribution in [0.1, 0.15) is 35.9 Å². The molecule has 1 amide bonds. The van der Waals surface area contributed by atoms with Crippen LogP contribution in [-0.2, 0) is 6.54 Å². The molecule has 1 aromatic carbocycles. The van der Waals surface area contributed by atoms with E-state index >= 15 is 0 Å². The van der Waals surface area contributed by atoms with E-state index in [9.17, 15) is 4.79 Å². The maximum Gasteiger partial charge on any atom is 0.297 e. The number of carbonyl (C=O) groups is 1. The summed E-state index contributed by atoms with van der Waals surface area (Å²) in [6.45, 7) is 10.5. The fraction of sp³-hybridized carbons (Fsp3) is 0.278. The van der Waals surface area contributed by atoms with Gasteiger partial charge in [-0.3, -0.25) is 9.48 Å². The summed E-state index contributed by atoms with van der Waals surface area (Å²) in [5.41, 5.74) is 2.75. The Labute approximate surface area is 144 Å². The second-order valence-corrected chi connectivity index (χ2v) is 6.94. The summed E-state index contributed by atoms with van der Waals surface area (Å²) in [6, 6.07) is 8.06. The lowest BCUT2D eigenvalue weighted by Gasteiger charge is -2.07. The van der Waals surface area contributed by atoms with Crippen LogP contribution >= 0.6 is 11.3 Å². The van der Waals surface area contributed by atoms with Gasteiger partial charge in [0.25, 0.3) is 5.91 Å². The monoisotopic (exact) mass is 340 g/mol. The highest BCUT2D eigenvalue weighted by Crippen LogP contribution is 2.19. The maximum absolute atomic E-state index is 12.6. The number of benzene rings is 1. The summed E-state index contributed by atoms with van der Waals surface area (Å²) in [7, 11) is 0. The zero-order chi connectivity index (χ0) is 17.3. The van der Waals surface area contributed by atoms with Crippen LogP contribution in [0, 0.1) is 6.92 Å². The standard InChI is InChI=1S/C18H20N4OS/c1-5-10-21-14-7-6-13(4)11-16(14)24-18(21)20-17(23)15-8-9-19-22(15)12(2)3/h5-9,11-12H,1,10H2,2-4H3. The number of aryl methyl sites for hydroxylation is 1. The third-order valence-electron chi connectivity index (χ3n) is 3.73. The minimum atomic E-state index is -0.276. The van der Waals surface area contributed by atoms with E-state index in [0.29, 0.717) is 17.0 Å². The van der Waals surface area contributed by atoms with Crippen molar-refractivity contribution in [2.24, 2.45) is 4.99 Å². The molecule has 0 aliphatic carbocycles. The summed E-state index contributed by atoms with van der Waals surface area (Å²) in [5.74, 6) is -0.276. The summed E-state index contributed by atoms with van der Waals surface area (Å²) >= 11 is 1.52. The molecule has 0 aliphatic rings. The van der Waals surface area contributed by atoms with Crippen molar-refractivity contribution >= 4 is 27.5 Å². The number of hydrogen-bond acceptors (Lipinski definition) is 3. The Hall–Kier alpha value is -2.47. The first-order valence-corrected chi connectivity index (χ1v) is 8.66. The average molecular weight is 340 g/mol. The lowest BCUT2D eigenvalue weighted by Crippen LogP contribution is -2.18. The fourth-order valence-corrected chi connectivity index (χ4v) is 3.75. The molecule has 124 valence electrons. The normalized spacial score (nSPS) is 12.2. The summed E-state index contributed by atoms with van der Waals surface area (Å²) in [6.07, 6.45) is 3.45. The maximum atomic E-state index is 12.6. The third kappa shape index (κ3) is 2.97. The Morgan fingerprint density at radius 2 is 2.21 bits per heavy atom. The number of amides is 1. The SMILES string of the molecule is C=CCn1c(=NC(=O)c2ccnn2C(C)C)sc2cc(C)ccc21. The lowest BCUT2D eigenvalue weighted by atomic mass is 10.2. The highest BCUT2D eigenvalue weighted by atomic mass is 32.1. The van der Waals surface area contributed by atoms with Crippen molar-refractivity contribution in [2.45, 2.75) is 33.4 Å². The van der Waals surface area contributed by atoms with Crippen molar-refractivity contribution in [2.75, 3.05) is 0 Å². The summed E-state index contributed by atoms with van der Waals surface area (Å²) in [4.78, 5) is 17.7. The number of nitrogens with zero attached hydrogens (tertiary/aromatic N) is 4. The fourth-order valence-electron chi connectivity index (χ4n) is 2.61. The predicted octanol–water partition coefficient (Wildman–Crippen LogP) is 3.72. The molecule has 2 heterocycles. The largest absolute Gasteiger partial charge is 0.312 e. The van der Waals surface area contributed by atoms with E-state index in [1.54, 1.807) is 16.9 Å².